The van der Waals surface area contributed by atoms with Gasteiger partial charge in [0.05, 0.1) is 0 Å². The topological polar surface area (TPSA) is 20.3 Å². The van der Waals surface area contributed by atoms with Crippen molar-refractivity contribution in [3.63, 3.8) is 0 Å². The average Bonchev–Trinajstić information content (AvgIpc) is 2.31. The summed E-state index contributed by atoms with van der Waals surface area (Å²) in [5.41, 5.74) is 3.17. The number of rotatable bonds is 0. The van der Waals surface area contributed by atoms with E-state index in [9.17, 15) is 4.79 Å². The van der Waals surface area contributed by atoms with Crippen molar-refractivity contribution in [3.8, 4) is 0 Å². The van der Waals surface area contributed by atoms with Gasteiger partial charge in [-0.05, 0) is 5.56 Å². The van der Waals surface area contributed by atoms with Crippen LogP contribution in [0.1, 0.15) is 15.9 Å². The van der Waals surface area contributed by atoms with Crippen LogP contribution < -0.4 is 5.46 Å². The Balaban J connectivity index is 2.56. The molecule has 2 rings (SSSR count). The fraction of sp³-hybridized carbons (Fsp3) is 0.222. The maximum Gasteiger partial charge on any atom is 0.254 e. The first-order valence-corrected chi connectivity index (χ1v) is 4.03. The van der Waals surface area contributed by atoms with E-state index in [1.54, 1.807) is 4.90 Å². The van der Waals surface area contributed by atoms with Gasteiger partial charge >= 0.3 is 0 Å². The number of carbonyl (C=O) groups excluding carboxylic acids is 1. The molecule has 0 N–H and O–H groups in total. The number of fused-ring (bicyclic) bond motifs is 1. The summed E-state index contributed by atoms with van der Waals surface area (Å²) in [7, 11) is 3.84. The van der Waals surface area contributed by atoms with Crippen molar-refractivity contribution in [2.45, 2.75) is 6.54 Å². The van der Waals surface area contributed by atoms with Crippen LogP contribution in [0, 0.1) is 0 Å². The highest BCUT2D eigenvalue weighted by Gasteiger charge is 2.23. The Morgan fingerprint density at radius 1 is 1.50 bits per heavy atom. The van der Waals surface area contributed by atoms with Gasteiger partial charge in [-0.25, -0.2) is 0 Å². The van der Waals surface area contributed by atoms with E-state index in [2.05, 4.69) is 0 Å². The van der Waals surface area contributed by atoms with Gasteiger partial charge in [-0.1, -0.05) is 23.7 Å². The van der Waals surface area contributed by atoms with Crippen LogP contribution in [0.3, 0.4) is 0 Å². The van der Waals surface area contributed by atoms with E-state index < -0.39 is 0 Å². The van der Waals surface area contributed by atoms with Crippen LogP contribution in [0.15, 0.2) is 18.2 Å². The van der Waals surface area contributed by atoms with Crippen LogP contribution in [0.4, 0.5) is 0 Å². The molecule has 0 bridgehead atoms. The Hall–Kier alpha value is -1.25. The maximum atomic E-state index is 11.5. The Labute approximate surface area is 72.6 Å². The van der Waals surface area contributed by atoms with Gasteiger partial charge in [0, 0.05) is 19.2 Å². The van der Waals surface area contributed by atoms with Gasteiger partial charge in [0.2, 0.25) is 0 Å². The molecule has 1 amide bonds. The maximum absolute atomic E-state index is 11.5. The van der Waals surface area contributed by atoms with E-state index >= 15 is 0 Å². The summed E-state index contributed by atoms with van der Waals surface area (Å²) in [5, 5.41) is 0. The molecule has 1 aliphatic heterocycles. The van der Waals surface area contributed by atoms with Crippen molar-refractivity contribution in [3.05, 3.63) is 29.3 Å². The lowest BCUT2D eigenvalue weighted by Crippen LogP contribution is -2.18. The van der Waals surface area contributed by atoms with Gasteiger partial charge < -0.3 is 4.90 Å². The summed E-state index contributed by atoms with van der Waals surface area (Å²) >= 11 is 0. The molecule has 0 saturated carbocycles. The molecule has 1 heterocycles. The van der Waals surface area contributed by atoms with Crippen molar-refractivity contribution >= 4 is 19.2 Å². The average molecular weight is 159 g/mol. The Morgan fingerprint density at radius 3 is 3.00 bits per heavy atom. The summed E-state index contributed by atoms with van der Waals surface area (Å²) in [6.45, 7) is 0.758. The minimum atomic E-state index is 0.147. The molecule has 2 nitrogen and oxygen atoms in total. The molecule has 3 heteroatoms. The lowest BCUT2D eigenvalue weighted by Gasteiger charge is -2.04. The number of carbonyl (C=O) groups is 1. The predicted octanol–water partition coefficient (Wildman–Crippen LogP) is -0.469. The number of amides is 1. The van der Waals surface area contributed by atoms with Crippen molar-refractivity contribution < 1.29 is 4.79 Å². The highest BCUT2D eigenvalue weighted by atomic mass is 16.2. The standard InChI is InChI=1S/C9H10BNO/c1-11-5-6-2-3-7(10)4-8(6)9(11)12/h2-4H,5,10H2,1H3. The second-order valence-electron chi connectivity index (χ2n) is 3.32. The fourth-order valence-electron chi connectivity index (χ4n) is 1.56. The zero-order valence-electron chi connectivity index (χ0n) is 7.29. The summed E-state index contributed by atoms with van der Waals surface area (Å²) in [6, 6.07) is 6.04. The van der Waals surface area contributed by atoms with E-state index in [1.807, 2.05) is 33.1 Å². The number of benzene rings is 1. The van der Waals surface area contributed by atoms with Crippen LogP contribution in [0.2, 0.25) is 0 Å². The first kappa shape index (κ1) is 7.41. The quantitative estimate of drug-likeness (QED) is 0.468. The summed E-state index contributed by atoms with van der Waals surface area (Å²) in [4.78, 5) is 13.2. The van der Waals surface area contributed by atoms with Gasteiger partial charge in [0.15, 0.2) is 0 Å². The smallest absolute Gasteiger partial charge is 0.254 e. The Morgan fingerprint density at radius 2 is 2.25 bits per heavy atom. The van der Waals surface area contributed by atoms with E-state index in [0.29, 0.717) is 0 Å². The van der Waals surface area contributed by atoms with Gasteiger partial charge in [-0.3, -0.25) is 4.79 Å². The molecular weight excluding hydrogens is 149 g/mol. The second kappa shape index (κ2) is 2.37. The molecule has 0 atom stereocenters. The fourth-order valence-corrected chi connectivity index (χ4v) is 1.56. The monoisotopic (exact) mass is 159 g/mol. The molecule has 0 fully saturated rings. The zero-order chi connectivity index (χ0) is 8.72. The van der Waals surface area contributed by atoms with Crippen molar-refractivity contribution in [1.29, 1.82) is 0 Å². The molecule has 60 valence electrons. The van der Waals surface area contributed by atoms with Crippen LogP contribution in [-0.2, 0) is 6.54 Å². The molecule has 0 unspecified atom stereocenters. The van der Waals surface area contributed by atoms with Gasteiger partial charge in [0.25, 0.3) is 5.91 Å². The van der Waals surface area contributed by atoms with Crippen LogP contribution >= 0.6 is 0 Å². The molecule has 0 aromatic heterocycles. The summed E-state index contributed by atoms with van der Waals surface area (Å²) in [5.74, 6) is 0.147. The molecular formula is C9H10BNO. The molecule has 1 aromatic carbocycles. The minimum Gasteiger partial charge on any atom is -0.337 e. The van der Waals surface area contributed by atoms with E-state index in [0.717, 1.165) is 23.1 Å². The van der Waals surface area contributed by atoms with Crippen molar-refractivity contribution in [2.75, 3.05) is 7.05 Å². The predicted molar refractivity (Wildman–Crippen MR) is 50.4 cm³/mol. The molecule has 0 aliphatic carbocycles. The zero-order valence-corrected chi connectivity index (χ0v) is 7.29. The summed E-state index contributed by atoms with van der Waals surface area (Å²) < 4.78 is 0. The normalized spacial score (nSPS) is 15.1. The van der Waals surface area contributed by atoms with E-state index in [4.69, 9.17) is 0 Å². The third kappa shape index (κ3) is 0.933. The van der Waals surface area contributed by atoms with E-state index in [1.165, 1.54) is 0 Å². The molecule has 0 spiro atoms. The molecule has 0 radical (unpaired) electrons. The molecule has 1 aromatic rings. The van der Waals surface area contributed by atoms with Gasteiger partial charge in [-0.15, -0.1) is 0 Å². The lowest BCUT2D eigenvalue weighted by molar-refractivity contribution is 0.0816. The van der Waals surface area contributed by atoms with Crippen LogP contribution in [-0.4, -0.2) is 25.7 Å². The second-order valence-corrected chi connectivity index (χ2v) is 3.32. The molecule has 0 saturated heterocycles. The first-order chi connectivity index (χ1) is 5.68. The van der Waals surface area contributed by atoms with Gasteiger partial charge in [0.1, 0.15) is 7.85 Å². The van der Waals surface area contributed by atoms with E-state index in [-0.39, 0.29) is 5.91 Å². The van der Waals surface area contributed by atoms with Crippen LogP contribution in [0.5, 0.6) is 0 Å². The van der Waals surface area contributed by atoms with Gasteiger partial charge in [-0.2, -0.15) is 0 Å². The molecule has 12 heavy (non-hydrogen) atoms. The SMILES string of the molecule is Bc1ccc2c(c1)C(=O)N(C)C2. The highest BCUT2D eigenvalue weighted by Crippen LogP contribution is 2.19. The lowest BCUT2D eigenvalue weighted by atomic mass is 9.93. The Bertz CT molecular complexity index is 348. The highest BCUT2D eigenvalue weighted by molar-refractivity contribution is 6.32. The van der Waals surface area contributed by atoms with Crippen molar-refractivity contribution in [1.82, 2.24) is 4.90 Å². The first-order valence-electron chi connectivity index (χ1n) is 4.03. The summed E-state index contributed by atoms with van der Waals surface area (Å²) in [6.07, 6.45) is 0. The van der Waals surface area contributed by atoms with Crippen molar-refractivity contribution in [2.24, 2.45) is 0 Å². The number of nitrogens with zero attached hydrogens (tertiary/aromatic N) is 1. The number of hydrogen-bond donors (Lipinski definition) is 0. The van der Waals surface area contributed by atoms with Crippen LogP contribution in [0.25, 0.3) is 0 Å². The third-order valence-electron chi connectivity index (χ3n) is 2.25. The minimum absolute atomic E-state index is 0.147. The third-order valence-corrected chi connectivity index (χ3v) is 2.25. The Kier molecular flexibility index (Phi) is 1.46. The number of hydrogen-bond acceptors (Lipinski definition) is 1. The molecule has 1 aliphatic rings. The largest absolute Gasteiger partial charge is 0.337 e.